The van der Waals surface area contributed by atoms with Gasteiger partial charge in [-0.3, -0.25) is 9.69 Å². The van der Waals surface area contributed by atoms with E-state index in [4.69, 9.17) is 28.4 Å². The lowest BCUT2D eigenvalue weighted by atomic mass is 9.77. The van der Waals surface area contributed by atoms with Gasteiger partial charge >= 0.3 is 12.0 Å². The zero-order valence-corrected chi connectivity index (χ0v) is 40.7. The molecule has 17 nitrogen and oxygen atoms in total. The van der Waals surface area contributed by atoms with Crippen molar-refractivity contribution in [2.24, 2.45) is 17.8 Å². The van der Waals surface area contributed by atoms with E-state index >= 15 is 0 Å². The van der Waals surface area contributed by atoms with E-state index in [9.17, 15) is 35.1 Å². The van der Waals surface area contributed by atoms with Crippen molar-refractivity contribution in [2.45, 2.75) is 170 Å². The van der Waals surface area contributed by atoms with Crippen molar-refractivity contribution in [3.63, 3.8) is 0 Å². The van der Waals surface area contributed by atoms with Gasteiger partial charge in [-0.05, 0) is 116 Å². The number of alkyl halides is 1. The second kappa shape index (κ2) is 22.1. The Bertz CT molecular complexity index is 1580. The van der Waals surface area contributed by atoms with Gasteiger partial charge in [-0.1, -0.05) is 32.0 Å². The number of urea groups is 1. The minimum Gasteiger partial charge on any atom is -0.448 e. The Labute approximate surface area is 381 Å². The number of ether oxygens (including phenoxy) is 6. The number of cyclic esters (lactones) is 1. The normalized spacial score (nSPS) is 43.3. The van der Waals surface area contributed by atoms with E-state index in [2.05, 4.69) is 10.6 Å². The Kier molecular flexibility index (Phi) is 18.9. The number of hydrogen-bond acceptors (Lipinski definition) is 15. The van der Waals surface area contributed by atoms with E-state index in [1.54, 1.807) is 53.7 Å². The number of halogens is 1. The lowest BCUT2D eigenvalue weighted by Crippen LogP contribution is -2.60. The molecule has 0 bridgehead atoms. The van der Waals surface area contributed by atoms with Crippen LogP contribution < -0.4 is 10.6 Å². The summed E-state index contributed by atoms with van der Waals surface area (Å²) < 4.78 is 36.4. The van der Waals surface area contributed by atoms with Crippen LogP contribution in [0.4, 0.5) is 10.5 Å². The van der Waals surface area contributed by atoms with Crippen molar-refractivity contribution < 1.29 is 63.5 Å². The molecule has 3 aliphatic rings. The van der Waals surface area contributed by atoms with E-state index in [0.717, 1.165) is 0 Å². The first kappa shape index (κ1) is 52.8. The van der Waals surface area contributed by atoms with Gasteiger partial charge in [-0.25, -0.2) is 4.79 Å². The number of methoxy groups -OCH3 is 1. The molecule has 3 fully saturated rings. The highest BCUT2D eigenvalue weighted by Crippen LogP contribution is 2.40. The van der Waals surface area contributed by atoms with Crippen LogP contribution in [0.25, 0.3) is 0 Å². The average molecular weight is 995 g/mol. The first-order valence-electron chi connectivity index (χ1n) is 21.8. The van der Waals surface area contributed by atoms with Crippen molar-refractivity contribution in [3.8, 4) is 0 Å². The number of para-hydroxylation sites is 1. The highest BCUT2D eigenvalue weighted by atomic mass is 127. The van der Waals surface area contributed by atoms with Crippen molar-refractivity contribution >= 4 is 40.3 Å². The third kappa shape index (κ3) is 13.0. The van der Waals surface area contributed by atoms with Crippen LogP contribution in [0.2, 0.25) is 0 Å². The van der Waals surface area contributed by atoms with Gasteiger partial charge in [0.1, 0.15) is 23.9 Å². The molecule has 18 atom stereocenters. The number of carbonyl (C=O) groups excluding carboxylic acids is 2. The third-order valence-corrected chi connectivity index (χ3v) is 14.7. The molecular formula is C44H75IN4O13. The smallest absolute Gasteiger partial charge is 0.319 e. The highest BCUT2D eigenvalue weighted by Gasteiger charge is 2.52. The Balaban J connectivity index is 1.75. The van der Waals surface area contributed by atoms with Gasteiger partial charge in [0.25, 0.3) is 0 Å². The van der Waals surface area contributed by atoms with Crippen LogP contribution in [-0.4, -0.2) is 176 Å². The fourth-order valence-electron chi connectivity index (χ4n) is 9.32. The van der Waals surface area contributed by atoms with Crippen molar-refractivity contribution in [1.29, 1.82) is 0 Å². The second-order valence-electron chi connectivity index (χ2n) is 18.9. The number of esters is 1. The Morgan fingerprint density at radius 2 is 1.61 bits per heavy atom. The number of amides is 2. The van der Waals surface area contributed by atoms with Crippen molar-refractivity contribution in [3.05, 3.63) is 30.3 Å². The number of aliphatic hydroxyl groups excluding tert-OH is 3. The number of likely N-dealkylation sites (N-methyl/N-ethyl adjacent to an activating group) is 1. The van der Waals surface area contributed by atoms with Crippen LogP contribution >= 0.6 is 22.6 Å². The molecule has 3 aliphatic heterocycles. The molecule has 62 heavy (non-hydrogen) atoms. The summed E-state index contributed by atoms with van der Waals surface area (Å²) in [6, 6.07) is 7.54. The summed E-state index contributed by atoms with van der Waals surface area (Å²) in [6.07, 6.45) is -8.15. The van der Waals surface area contributed by atoms with E-state index in [1.807, 2.05) is 78.5 Å². The van der Waals surface area contributed by atoms with Gasteiger partial charge in [0.15, 0.2) is 16.7 Å². The first-order chi connectivity index (χ1) is 28.8. The lowest BCUT2D eigenvalue weighted by Gasteiger charge is -2.48. The number of benzene rings is 1. The van der Waals surface area contributed by atoms with Crippen molar-refractivity contribution in [2.75, 3.05) is 46.2 Å². The largest absolute Gasteiger partial charge is 0.448 e. The summed E-state index contributed by atoms with van der Waals surface area (Å²) in [5, 5.41) is 64.9. The first-order valence-corrected chi connectivity index (χ1v) is 23.1. The second-order valence-corrected chi connectivity index (χ2v) is 20.0. The van der Waals surface area contributed by atoms with Crippen LogP contribution in [0, 0.1) is 17.8 Å². The zero-order chi connectivity index (χ0) is 46.5. The molecule has 1 aromatic rings. The Morgan fingerprint density at radius 1 is 0.968 bits per heavy atom. The van der Waals surface area contributed by atoms with E-state index in [-0.39, 0.29) is 44.0 Å². The molecule has 0 aromatic heterocycles. The molecule has 356 valence electrons. The summed E-state index contributed by atoms with van der Waals surface area (Å²) in [4.78, 5) is 31.0. The van der Waals surface area contributed by atoms with Gasteiger partial charge in [0.2, 0.25) is 0 Å². The van der Waals surface area contributed by atoms with E-state index in [1.165, 1.54) is 14.0 Å². The fraction of sp³-hybridized carbons (Fsp3) is 0.818. The molecule has 7 N–H and O–H groups in total. The van der Waals surface area contributed by atoms with Crippen molar-refractivity contribution in [1.82, 2.24) is 15.1 Å². The van der Waals surface area contributed by atoms with Crippen LogP contribution in [0.5, 0.6) is 0 Å². The predicted octanol–water partition coefficient (Wildman–Crippen LogP) is 3.08. The van der Waals surface area contributed by atoms with Gasteiger partial charge in [0.05, 0.1) is 41.5 Å². The molecule has 0 spiro atoms. The molecule has 4 rings (SSSR count). The summed E-state index contributed by atoms with van der Waals surface area (Å²) in [6.45, 7) is 16.2. The van der Waals surface area contributed by atoms with Crippen LogP contribution in [0.3, 0.4) is 0 Å². The molecule has 18 heteroatoms. The molecule has 2 amide bonds. The minimum atomic E-state index is -1.96. The topological polar surface area (TPSA) is 221 Å². The maximum atomic E-state index is 14.3. The molecule has 1 aromatic carbocycles. The standard InChI is InChI=1S/C44H75IN4O13/c1-24-21-42(7,55)37(61-39-33(50)31(48(10)11)20-25(2)58-39)26(3)34(60-32-22-43(8,57-12)36(52)29(6)59-32)27(4)38(53)62-40(45)44(9,56)35(51)28(5)49(23-24)19-18-46-41(54)47-30-16-14-13-15-17-30/h13-17,24-29,31-37,39-40,50-52,55-56H,18-23H2,1-12H3,(H2,46,47,54)/t24-,25-,26+,27-,28-,29+,31+,32+,33-,34+,35-,36+,37-,39+,40+,42-,43-,44+/m1/s1. The molecule has 3 heterocycles. The summed E-state index contributed by atoms with van der Waals surface area (Å²) >= 11 is 1.81. The summed E-state index contributed by atoms with van der Waals surface area (Å²) in [7, 11) is 5.23. The number of aliphatic hydroxyl groups is 5. The van der Waals surface area contributed by atoms with Gasteiger partial charge in [-0.15, -0.1) is 0 Å². The number of nitrogens with one attached hydrogen (secondary N) is 2. The number of nitrogens with zero attached hydrogens (tertiary/aromatic N) is 2. The van der Waals surface area contributed by atoms with E-state index < -0.39 is 100.0 Å². The Morgan fingerprint density at radius 3 is 2.23 bits per heavy atom. The lowest BCUT2D eigenvalue weighted by molar-refractivity contribution is -0.317. The molecule has 0 aliphatic carbocycles. The number of carbonyl (C=O) groups is 2. The fourth-order valence-corrected chi connectivity index (χ4v) is 9.94. The maximum Gasteiger partial charge on any atom is 0.319 e. The van der Waals surface area contributed by atoms with Gasteiger partial charge in [-0.2, -0.15) is 0 Å². The SMILES string of the molecule is CO[C@]1(C)C[C@H](O[C@H]2[C@H](C)[C@@H](O[C@@H]3O[C@H](C)C[C@H](N(C)C)[C@H]3O)[C@](C)(O)C[C@@H](C)CN(CCNC(=O)Nc3ccccc3)[C@H](C)[C@@H](O)[C@](C)(O)[C@@H](I)OC(=O)[C@@H]2C)O[C@@H](C)[C@@H]1O. The summed E-state index contributed by atoms with van der Waals surface area (Å²) in [5.41, 5.74) is -4.06. The van der Waals surface area contributed by atoms with Crippen LogP contribution in [0.15, 0.2) is 30.3 Å². The molecule has 0 unspecified atom stereocenters. The maximum absolute atomic E-state index is 14.3. The number of rotatable bonds is 10. The molecular weight excluding hydrogens is 919 g/mol. The molecule has 3 saturated heterocycles. The monoisotopic (exact) mass is 994 g/mol. The number of hydrogen-bond donors (Lipinski definition) is 7. The quantitative estimate of drug-likeness (QED) is 0.102. The van der Waals surface area contributed by atoms with Gasteiger partial charge < -0.3 is 69.5 Å². The predicted molar refractivity (Wildman–Crippen MR) is 240 cm³/mol. The van der Waals surface area contributed by atoms with E-state index in [0.29, 0.717) is 18.7 Å². The average Bonchev–Trinajstić information content (AvgIpc) is 3.20. The van der Waals surface area contributed by atoms with Crippen LogP contribution in [-0.2, 0) is 33.2 Å². The third-order valence-electron chi connectivity index (χ3n) is 13.1. The highest BCUT2D eigenvalue weighted by molar-refractivity contribution is 14.1. The zero-order valence-electron chi connectivity index (χ0n) is 38.6. The molecule has 0 saturated carbocycles. The summed E-state index contributed by atoms with van der Waals surface area (Å²) in [5.74, 6) is -2.96. The molecule has 0 radical (unpaired) electrons. The Hall–Kier alpha value is -1.79. The van der Waals surface area contributed by atoms with Gasteiger partial charge in [0, 0.05) is 56.9 Å². The minimum absolute atomic E-state index is 0.0950. The van der Waals surface area contributed by atoms with Crippen LogP contribution in [0.1, 0.15) is 81.6 Å². The number of anilines is 1.